The van der Waals surface area contributed by atoms with Crippen LogP contribution in [0.25, 0.3) is 10.7 Å². The lowest BCUT2D eigenvalue weighted by Crippen LogP contribution is -2.44. The van der Waals surface area contributed by atoms with Gasteiger partial charge in [0.1, 0.15) is 0 Å². The van der Waals surface area contributed by atoms with Crippen LogP contribution in [0.2, 0.25) is 0 Å². The van der Waals surface area contributed by atoms with Crippen molar-refractivity contribution in [3.8, 4) is 10.7 Å². The standard InChI is InChI=1S/C15H20N4O3S3/c1-3-19(11-6-8-25(21,22)9-11)14(20)10(2)24-15-16-13(17-18-15)12-5-4-7-23-12/h4-5,7,10-11H,3,6,8-9H2,1-2H3,(H,16,17,18)/t10-,11+/m1/s1. The fourth-order valence-corrected chi connectivity index (χ4v) is 6.07. The van der Waals surface area contributed by atoms with Crippen LogP contribution in [0.5, 0.6) is 0 Å². The maximum absolute atomic E-state index is 12.8. The molecule has 2 aromatic rings. The average molecular weight is 401 g/mol. The largest absolute Gasteiger partial charge is 0.338 e. The molecule has 7 nitrogen and oxygen atoms in total. The number of thiophene rings is 1. The van der Waals surface area contributed by atoms with Crippen LogP contribution in [0.3, 0.4) is 0 Å². The van der Waals surface area contributed by atoms with Crippen LogP contribution in [0.4, 0.5) is 0 Å². The Morgan fingerprint density at radius 2 is 2.36 bits per heavy atom. The van der Waals surface area contributed by atoms with E-state index in [1.54, 1.807) is 23.2 Å². The molecule has 1 fully saturated rings. The molecule has 0 saturated carbocycles. The molecule has 1 aliphatic heterocycles. The third-order valence-corrected chi connectivity index (χ3v) is 7.70. The summed E-state index contributed by atoms with van der Waals surface area (Å²) in [6, 6.07) is 3.67. The fourth-order valence-electron chi connectivity index (χ4n) is 2.88. The molecule has 0 aromatic carbocycles. The molecular formula is C15H20N4O3S3. The van der Waals surface area contributed by atoms with E-state index in [2.05, 4.69) is 15.2 Å². The van der Waals surface area contributed by atoms with Crippen molar-refractivity contribution in [1.82, 2.24) is 20.1 Å². The zero-order chi connectivity index (χ0) is 18.0. The summed E-state index contributed by atoms with van der Waals surface area (Å²) < 4.78 is 23.4. The van der Waals surface area contributed by atoms with Gasteiger partial charge in [0.2, 0.25) is 11.1 Å². The Bertz CT molecular complexity index is 832. The maximum atomic E-state index is 12.8. The predicted molar refractivity (Wildman–Crippen MR) is 99.5 cm³/mol. The molecule has 0 aliphatic carbocycles. The van der Waals surface area contributed by atoms with Gasteiger partial charge in [0.25, 0.3) is 0 Å². The molecule has 0 spiro atoms. The number of nitrogens with one attached hydrogen (secondary N) is 1. The number of rotatable bonds is 6. The second-order valence-electron chi connectivity index (χ2n) is 5.89. The molecule has 1 amide bonds. The molecule has 136 valence electrons. The third kappa shape index (κ3) is 4.24. The van der Waals surface area contributed by atoms with Crippen LogP contribution < -0.4 is 0 Å². The van der Waals surface area contributed by atoms with E-state index < -0.39 is 9.84 Å². The van der Waals surface area contributed by atoms with Crippen molar-refractivity contribution in [3.05, 3.63) is 17.5 Å². The van der Waals surface area contributed by atoms with Crippen molar-refractivity contribution < 1.29 is 13.2 Å². The van der Waals surface area contributed by atoms with Gasteiger partial charge in [0, 0.05) is 12.6 Å². The van der Waals surface area contributed by atoms with Gasteiger partial charge in [-0.05, 0) is 31.7 Å². The number of aromatic amines is 1. The number of nitrogens with zero attached hydrogens (tertiary/aromatic N) is 3. The lowest BCUT2D eigenvalue weighted by atomic mass is 10.2. The van der Waals surface area contributed by atoms with Crippen LogP contribution in [0.1, 0.15) is 20.3 Å². The smallest absolute Gasteiger partial charge is 0.236 e. The fraction of sp³-hybridized carbons (Fsp3) is 0.533. The number of hydrogen-bond donors (Lipinski definition) is 1. The molecule has 1 saturated heterocycles. The number of aromatic nitrogens is 3. The lowest BCUT2D eigenvalue weighted by Gasteiger charge is -2.29. The molecular weight excluding hydrogens is 380 g/mol. The Balaban J connectivity index is 1.65. The second kappa shape index (κ2) is 7.46. The van der Waals surface area contributed by atoms with Crippen LogP contribution >= 0.6 is 23.1 Å². The quantitative estimate of drug-likeness (QED) is 0.746. The van der Waals surface area contributed by atoms with Gasteiger partial charge in [-0.2, -0.15) is 0 Å². The summed E-state index contributed by atoms with van der Waals surface area (Å²) in [7, 11) is -3.02. The first kappa shape index (κ1) is 18.4. The zero-order valence-corrected chi connectivity index (χ0v) is 16.5. The predicted octanol–water partition coefficient (Wildman–Crippen LogP) is 2.05. The van der Waals surface area contributed by atoms with E-state index >= 15 is 0 Å². The highest BCUT2D eigenvalue weighted by Gasteiger charge is 2.35. The van der Waals surface area contributed by atoms with Crippen LogP contribution in [0.15, 0.2) is 22.7 Å². The Hall–Kier alpha value is -1.39. The van der Waals surface area contributed by atoms with E-state index in [0.29, 0.717) is 23.9 Å². The molecule has 0 radical (unpaired) electrons. The van der Waals surface area contributed by atoms with E-state index in [1.807, 2.05) is 24.4 Å². The molecule has 2 atom stereocenters. The van der Waals surface area contributed by atoms with Gasteiger partial charge in [0.15, 0.2) is 15.7 Å². The van der Waals surface area contributed by atoms with Crippen molar-refractivity contribution in [2.75, 3.05) is 18.1 Å². The number of H-pyrrole nitrogens is 1. The molecule has 3 heterocycles. The van der Waals surface area contributed by atoms with Gasteiger partial charge in [-0.25, -0.2) is 13.4 Å². The Kier molecular flexibility index (Phi) is 5.49. The maximum Gasteiger partial charge on any atom is 0.236 e. The summed E-state index contributed by atoms with van der Waals surface area (Å²) in [5.41, 5.74) is 0. The first-order valence-electron chi connectivity index (χ1n) is 8.03. The van der Waals surface area contributed by atoms with Gasteiger partial charge < -0.3 is 4.90 Å². The number of carbonyl (C=O) groups excluding carboxylic acids is 1. The van der Waals surface area contributed by atoms with Gasteiger partial charge in [-0.15, -0.1) is 16.4 Å². The SMILES string of the molecule is CCN(C(=O)[C@@H](C)Sc1n[nH]c(-c2cccs2)n1)[C@H]1CCS(=O)(=O)C1. The summed E-state index contributed by atoms with van der Waals surface area (Å²) in [6.07, 6.45) is 0.516. The summed E-state index contributed by atoms with van der Waals surface area (Å²) in [5, 5.41) is 9.15. The Labute approximate surface area is 155 Å². The van der Waals surface area contributed by atoms with Crippen molar-refractivity contribution in [3.63, 3.8) is 0 Å². The number of carbonyl (C=O) groups is 1. The normalized spacial score (nSPS) is 20.5. The van der Waals surface area contributed by atoms with Crippen LogP contribution in [-0.4, -0.2) is 63.7 Å². The third-order valence-electron chi connectivity index (χ3n) is 4.12. The van der Waals surface area contributed by atoms with E-state index in [0.717, 1.165) is 4.88 Å². The van der Waals surface area contributed by atoms with Crippen molar-refractivity contribution in [1.29, 1.82) is 0 Å². The van der Waals surface area contributed by atoms with E-state index in [-0.39, 0.29) is 28.7 Å². The average Bonchev–Trinajstić information content (AvgIpc) is 3.28. The minimum absolute atomic E-state index is 0.0626. The first-order chi connectivity index (χ1) is 11.9. The summed E-state index contributed by atoms with van der Waals surface area (Å²) >= 11 is 2.85. The zero-order valence-electron chi connectivity index (χ0n) is 14.0. The van der Waals surface area contributed by atoms with Gasteiger partial charge >= 0.3 is 0 Å². The summed E-state index contributed by atoms with van der Waals surface area (Å²) in [4.78, 5) is 19.8. The minimum atomic E-state index is -3.02. The minimum Gasteiger partial charge on any atom is -0.338 e. The Morgan fingerprint density at radius 1 is 1.56 bits per heavy atom. The number of sulfone groups is 1. The van der Waals surface area contributed by atoms with E-state index in [4.69, 9.17) is 0 Å². The number of thioether (sulfide) groups is 1. The summed E-state index contributed by atoms with van der Waals surface area (Å²) in [6.45, 7) is 4.18. The summed E-state index contributed by atoms with van der Waals surface area (Å²) in [5.74, 6) is 0.838. The van der Waals surface area contributed by atoms with Gasteiger partial charge in [-0.3, -0.25) is 9.89 Å². The molecule has 1 aliphatic rings. The highest BCUT2D eigenvalue weighted by atomic mass is 32.2. The van der Waals surface area contributed by atoms with Crippen molar-refractivity contribution >= 4 is 38.8 Å². The first-order valence-corrected chi connectivity index (χ1v) is 11.6. The molecule has 0 unspecified atom stereocenters. The molecule has 25 heavy (non-hydrogen) atoms. The second-order valence-corrected chi connectivity index (χ2v) is 10.4. The van der Waals surface area contributed by atoms with E-state index in [9.17, 15) is 13.2 Å². The topological polar surface area (TPSA) is 96.0 Å². The molecule has 2 aromatic heterocycles. The van der Waals surface area contributed by atoms with E-state index in [1.165, 1.54) is 11.8 Å². The highest BCUT2D eigenvalue weighted by molar-refractivity contribution is 8.00. The van der Waals surface area contributed by atoms with Crippen LogP contribution in [-0.2, 0) is 14.6 Å². The molecule has 3 rings (SSSR count). The molecule has 0 bridgehead atoms. The van der Waals surface area contributed by atoms with Crippen molar-refractivity contribution in [2.45, 2.75) is 36.7 Å². The van der Waals surface area contributed by atoms with Crippen molar-refractivity contribution in [2.24, 2.45) is 0 Å². The number of hydrogen-bond acceptors (Lipinski definition) is 7. The molecule has 10 heteroatoms. The van der Waals surface area contributed by atoms with Crippen LogP contribution in [0, 0.1) is 0 Å². The molecule has 1 N–H and O–H groups in total. The van der Waals surface area contributed by atoms with Gasteiger partial charge in [0.05, 0.1) is 21.6 Å². The number of amides is 1. The highest BCUT2D eigenvalue weighted by Crippen LogP contribution is 2.27. The lowest BCUT2D eigenvalue weighted by molar-refractivity contribution is -0.131. The monoisotopic (exact) mass is 400 g/mol. The van der Waals surface area contributed by atoms with Gasteiger partial charge in [-0.1, -0.05) is 17.8 Å². The Morgan fingerprint density at radius 3 is 2.96 bits per heavy atom.